The first-order valence-corrected chi connectivity index (χ1v) is 13.4. The molecule has 0 aromatic heterocycles. The molecule has 0 radical (unpaired) electrons. The van der Waals surface area contributed by atoms with E-state index in [1.54, 1.807) is 7.11 Å². The third kappa shape index (κ3) is 3.63. The van der Waals surface area contributed by atoms with Crippen LogP contribution in [0.15, 0.2) is 18.2 Å². The van der Waals surface area contributed by atoms with Crippen molar-refractivity contribution in [3.8, 4) is 5.75 Å². The van der Waals surface area contributed by atoms with E-state index in [2.05, 4.69) is 57.8 Å². The summed E-state index contributed by atoms with van der Waals surface area (Å²) in [6.45, 7) is 9.58. The Morgan fingerprint density at radius 2 is 1.72 bits per heavy atom. The number of nitrogens with zero attached hydrogens (tertiary/aromatic N) is 1. The molecule has 3 fully saturated rings. The van der Waals surface area contributed by atoms with E-state index in [-0.39, 0.29) is 10.8 Å². The van der Waals surface area contributed by atoms with Crippen LogP contribution in [-0.4, -0.2) is 41.8 Å². The summed E-state index contributed by atoms with van der Waals surface area (Å²) in [4.78, 5) is 2.69. The summed E-state index contributed by atoms with van der Waals surface area (Å²) >= 11 is 0. The molecule has 0 amide bonds. The Hall–Kier alpha value is -1.06. The second-order valence-corrected chi connectivity index (χ2v) is 11.8. The highest BCUT2D eigenvalue weighted by Crippen LogP contribution is 2.66. The number of hydrogen-bond donors (Lipinski definition) is 1. The van der Waals surface area contributed by atoms with Crippen molar-refractivity contribution < 1.29 is 9.84 Å². The minimum Gasteiger partial charge on any atom is -0.497 e. The van der Waals surface area contributed by atoms with Gasteiger partial charge in [-0.2, -0.15) is 0 Å². The first kappa shape index (κ1) is 24.1. The molecule has 180 valence electrons. The molecule has 1 N–H and O–H groups in total. The molecule has 4 aliphatic rings. The highest BCUT2D eigenvalue weighted by molar-refractivity contribution is 5.47. The fraction of sp³-hybridized carbons (Fsp3) is 0.793. The minimum atomic E-state index is -0.521. The lowest BCUT2D eigenvalue weighted by molar-refractivity contribution is -0.199. The number of ether oxygens (including phenoxy) is 1. The maximum absolute atomic E-state index is 12.2. The second kappa shape index (κ2) is 8.95. The van der Waals surface area contributed by atoms with Gasteiger partial charge < -0.3 is 9.84 Å². The Morgan fingerprint density at radius 3 is 2.31 bits per heavy atom. The number of rotatable bonds is 10. The summed E-state index contributed by atoms with van der Waals surface area (Å²) in [6, 6.07) is 7.77. The van der Waals surface area contributed by atoms with Crippen LogP contribution >= 0.6 is 0 Å². The van der Waals surface area contributed by atoms with E-state index in [1.807, 2.05) is 0 Å². The smallest absolute Gasteiger partial charge is 0.119 e. The van der Waals surface area contributed by atoms with E-state index in [0.717, 1.165) is 50.7 Å². The Kier molecular flexibility index (Phi) is 6.73. The van der Waals surface area contributed by atoms with Crippen molar-refractivity contribution in [3.05, 3.63) is 29.3 Å². The van der Waals surface area contributed by atoms with Crippen LogP contribution in [0.1, 0.15) is 103 Å². The first-order valence-electron chi connectivity index (χ1n) is 13.4. The van der Waals surface area contributed by atoms with Crippen molar-refractivity contribution in [2.45, 2.75) is 121 Å². The summed E-state index contributed by atoms with van der Waals surface area (Å²) in [6.07, 6.45) is 12.6. The van der Waals surface area contributed by atoms with E-state index >= 15 is 0 Å². The molecule has 1 aromatic rings. The highest BCUT2D eigenvalue weighted by Gasteiger charge is 2.67. The van der Waals surface area contributed by atoms with E-state index in [4.69, 9.17) is 4.74 Å². The quantitative estimate of drug-likeness (QED) is 0.421. The largest absolute Gasteiger partial charge is 0.497 e. The van der Waals surface area contributed by atoms with Gasteiger partial charge in [0.1, 0.15) is 5.75 Å². The molecule has 4 bridgehead atoms. The number of aliphatic hydroxyl groups is 1. The van der Waals surface area contributed by atoms with Gasteiger partial charge in [-0.25, -0.2) is 0 Å². The number of unbranched alkanes of at least 4 members (excludes halogenated alkanes) is 4. The van der Waals surface area contributed by atoms with E-state index in [1.165, 1.54) is 36.8 Å². The van der Waals surface area contributed by atoms with Crippen LogP contribution in [0.2, 0.25) is 0 Å². The molecular weight excluding hydrogens is 394 g/mol. The van der Waals surface area contributed by atoms with Gasteiger partial charge in [-0.05, 0) is 67.8 Å². The van der Waals surface area contributed by atoms with E-state index in [9.17, 15) is 5.11 Å². The zero-order chi connectivity index (χ0) is 23.1. The van der Waals surface area contributed by atoms with Crippen LogP contribution in [0, 0.1) is 11.3 Å². The molecule has 0 spiro atoms. The van der Waals surface area contributed by atoms with Crippen molar-refractivity contribution in [2.75, 3.05) is 14.2 Å². The highest BCUT2D eigenvalue weighted by atomic mass is 16.5. The lowest BCUT2D eigenvalue weighted by Gasteiger charge is -2.71. The standard InChI is InChI=1S/C29H47NO2/c1-7-9-11-15-29(31,16-12-10-8-2)24-19-28(4)26-17-21-13-14-22(32-6)18-23(21)27(28,3)20-25(24)30(26)5/h13-14,18,24-26,31H,7-12,15-17,19-20H2,1-6H3. The van der Waals surface area contributed by atoms with E-state index in [0.29, 0.717) is 18.0 Å². The summed E-state index contributed by atoms with van der Waals surface area (Å²) < 4.78 is 5.63. The van der Waals surface area contributed by atoms with Crippen molar-refractivity contribution in [1.82, 2.24) is 4.90 Å². The molecular formula is C29H47NO2. The predicted octanol–water partition coefficient (Wildman–Crippen LogP) is 6.50. The molecule has 2 saturated heterocycles. The molecule has 2 aliphatic heterocycles. The maximum atomic E-state index is 12.2. The Balaban J connectivity index is 1.69. The lowest BCUT2D eigenvalue weighted by atomic mass is 9.41. The monoisotopic (exact) mass is 441 g/mol. The van der Waals surface area contributed by atoms with Gasteiger partial charge in [0.05, 0.1) is 12.7 Å². The summed E-state index contributed by atoms with van der Waals surface area (Å²) in [5.74, 6) is 1.36. The van der Waals surface area contributed by atoms with Gasteiger partial charge in [0.2, 0.25) is 0 Å². The van der Waals surface area contributed by atoms with Gasteiger partial charge >= 0.3 is 0 Å². The third-order valence-corrected chi connectivity index (χ3v) is 10.2. The lowest BCUT2D eigenvalue weighted by Crippen LogP contribution is -2.75. The van der Waals surface area contributed by atoms with Crippen molar-refractivity contribution in [1.29, 1.82) is 0 Å². The number of benzene rings is 1. The molecule has 32 heavy (non-hydrogen) atoms. The fourth-order valence-electron chi connectivity index (χ4n) is 8.00. The molecule has 3 nitrogen and oxygen atoms in total. The number of hydrogen-bond acceptors (Lipinski definition) is 3. The van der Waals surface area contributed by atoms with Crippen LogP contribution in [0.5, 0.6) is 5.75 Å². The number of methoxy groups -OCH3 is 1. The van der Waals surface area contributed by atoms with Crippen LogP contribution in [-0.2, 0) is 11.8 Å². The SMILES string of the molecule is CCCCCC(O)(CCCCC)C1CC2(C)C3Cc4ccc(OC)cc4C2(C)CC1N3C. The number of likely N-dealkylation sites (N-methyl/N-ethyl adjacent to an activating group) is 1. The van der Waals surface area contributed by atoms with Crippen LogP contribution in [0.3, 0.4) is 0 Å². The van der Waals surface area contributed by atoms with Gasteiger partial charge in [0.25, 0.3) is 0 Å². The van der Waals surface area contributed by atoms with Crippen LogP contribution < -0.4 is 4.74 Å². The average molecular weight is 442 g/mol. The molecule has 2 heterocycles. The molecule has 5 unspecified atom stereocenters. The topological polar surface area (TPSA) is 32.7 Å². The Bertz CT molecular complexity index is 796. The average Bonchev–Trinajstić information content (AvgIpc) is 2.77. The zero-order valence-electron chi connectivity index (χ0n) is 21.5. The molecule has 5 rings (SSSR count). The second-order valence-electron chi connectivity index (χ2n) is 11.8. The zero-order valence-corrected chi connectivity index (χ0v) is 21.5. The number of piperidine rings is 2. The van der Waals surface area contributed by atoms with Crippen molar-refractivity contribution >= 4 is 0 Å². The molecule has 5 atom stereocenters. The Labute approximate surface area is 196 Å². The molecule has 3 heteroatoms. The molecule has 1 saturated carbocycles. The van der Waals surface area contributed by atoms with Gasteiger partial charge in [-0.1, -0.05) is 72.3 Å². The van der Waals surface area contributed by atoms with E-state index < -0.39 is 5.60 Å². The van der Waals surface area contributed by atoms with Gasteiger partial charge in [-0.3, -0.25) is 4.90 Å². The number of fused-ring (bicyclic) bond motifs is 2. The third-order valence-electron chi connectivity index (χ3n) is 10.2. The molecule has 1 aromatic carbocycles. The summed E-state index contributed by atoms with van der Waals surface area (Å²) in [7, 11) is 4.13. The normalized spacial score (nSPS) is 33.9. The Morgan fingerprint density at radius 1 is 1.06 bits per heavy atom. The van der Waals surface area contributed by atoms with Crippen LogP contribution in [0.4, 0.5) is 0 Å². The molecule has 2 aliphatic carbocycles. The predicted molar refractivity (Wildman–Crippen MR) is 133 cm³/mol. The summed E-state index contributed by atoms with van der Waals surface area (Å²) in [5, 5.41) is 12.2. The maximum Gasteiger partial charge on any atom is 0.119 e. The van der Waals surface area contributed by atoms with Gasteiger partial charge in [-0.15, -0.1) is 0 Å². The fourth-order valence-corrected chi connectivity index (χ4v) is 8.00. The minimum absolute atomic E-state index is 0.140. The van der Waals surface area contributed by atoms with Gasteiger partial charge in [0, 0.05) is 23.4 Å². The van der Waals surface area contributed by atoms with Crippen LogP contribution in [0.25, 0.3) is 0 Å². The van der Waals surface area contributed by atoms with Gasteiger partial charge in [0.15, 0.2) is 0 Å². The van der Waals surface area contributed by atoms with Crippen molar-refractivity contribution in [2.24, 2.45) is 11.3 Å². The first-order chi connectivity index (χ1) is 15.2. The summed E-state index contributed by atoms with van der Waals surface area (Å²) in [5.41, 5.74) is 2.80. The van der Waals surface area contributed by atoms with Crippen molar-refractivity contribution in [3.63, 3.8) is 0 Å².